The fraction of sp³-hybridized carbons (Fsp3) is 0.357. The van der Waals surface area contributed by atoms with Crippen molar-refractivity contribution in [2.45, 2.75) is 18.4 Å². The Labute approximate surface area is 109 Å². The van der Waals surface area contributed by atoms with Gasteiger partial charge in [-0.1, -0.05) is 24.3 Å². The van der Waals surface area contributed by atoms with Crippen LogP contribution >= 0.6 is 0 Å². The number of benzene rings is 1. The van der Waals surface area contributed by atoms with E-state index < -0.39 is 0 Å². The predicted molar refractivity (Wildman–Crippen MR) is 75.2 cm³/mol. The first kappa shape index (κ1) is 11.5. The van der Waals surface area contributed by atoms with Crippen LogP contribution in [-0.4, -0.2) is 37.3 Å². The third-order valence-corrected chi connectivity index (χ3v) is 4.07. The first-order valence-electron chi connectivity index (χ1n) is 6.48. The van der Waals surface area contributed by atoms with Gasteiger partial charge in [-0.2, -0.15) is 0 Å². The Morgan fingerprint density at radius 3 is 2.44 bits per heavy atom. The molecule has 0 aromatic heterocycles. The molecule has 92 valence electrons. The standard InChI is InChI=1S/C14H17BN2O/c15-16-10-8-14(9-11-16)7-6-13(18)17(14)12-4-2-1-3-5-12/h1-7H,8-11,15H2. The van der Waals surface area contributed by atoms with E-state index in [0.29, 0.717) is 0 Å². The van der Waals surface area contributed by atoms with Crippen LogP contribution < -0.4 is 4.90 Å². The van der Waals surface area contributed by atoms with Gasteiger partial charge in [0.1, 0.15) is 0 Å². The van der Waals surface area contributed by atoms with Gasteiger partial charge in [0.25, 0.3) is 5.91 Å². The molecule has 1 aromatic rings. The second-order valence-electron chi connectivity index (χ2n) is 5.25. The second-order valence-corrected chi connectivity index (χ2v) is 5.25. The number of carbonyl (C=O) groups excluding carboxylic acids is 1. The molecule has 0 bridgehead atoms. The molecule has 0 radical (unpaired) electrons. The third kappa shape index (κ3) is 1.77. The van der Waals surface area contributed by atoms with E-state index in [1.165, 1.54) is 0 Å². The van der Waals surface area contributed by atoms with Crippen molar-refractivity contribution in [3.8, 4) is 0 Å². The Morgan fingerprint density at radius 2 is 1.78 bits per heavy atom. The van der Waals surface area contributed by atoms with E-state index in [-0.39, 0.29) is 11.4 Å². The monoisotopic (exact) mass is 240 g/mol. The lowest BCUT2D eigenvalue weighted by molar-refractivity contribution is -0.114. The fourth-order valence-electron chi connectivity index (χ4n) is 2.95. The maximum Gasteiger partial charge on any atom is 0.251 e. The molecular weight excluding hydrogens is 223 g/mol. The summed E-state index contributed by atoms with van der Waals surface area (Å²) in [5.74, 6) is 0.116. The summed E-state index contributed by atoms with van der Waals surface area (Å²) in [6.07, 6.45) is 5.87. The molecule has 0 atom stereocenters. The van der Waals surface area contributed by atoms with E-state index in [1.807, 2.05) is 35.2 Å². The molecule has 1 amide bonds. The van der Waals surface area contributed by atoms with Gasteiger partial charge in [0.05, 0.1) is 5.54 Å². The Morgan fingerprint density at radius 1 is 1.11 bits per heavy atom. The molecule has 1 spiro atoms. The average molecular weight is 240 g/mol. The van der Waals surface area contributed by atoms with E-state index in [1.54, 1.807) is 6.08 Å². The Hall–Kier alpha value is -1.55. The van der Waals surface area contributed by atoms with Crippen molar-refractivity contribution in [3.05, 3.63) is 42.5 Å². The minimum absolute atomic E-state index is 0.0923. The number of anilines is 1. The molecule has 1 fully saturated rings. The van der Waals surface area contributed by atoms with Crippen LogP contribution in [0.1, 0.15) is 12.8 Å². The third-order valence-electron chi connectivity index (χ3n) is 4.07. The van der Waals surface area contributed by atoms with E-state index in [2.05, 4.69) is 18.9 Å². The maximum absolute atomic E-state index is 12.2. The van der Waals surface area contributed by atoms with Gasteiger partial charge in [-0.25, -0.2) is 0 Å². The Balaban J connectivity index is 1.95. The lowest BCUT2D eigenvalue weighted by Crippen LogP contribution is -2.53. The summed E-state index contributed by atoms with van der Waals surface area (Å²) in [7, 11) is 2.14. The van der Waals surface area contributed by atoms with Crippen LogP contribution in [-0.2, 0) is 4.79 Å². The van der Waals surface area contributed by atoms with E-state index in [4.69, 9.17) is 0 Å². The van der Waals surface area contributed by atoms with Crippen LogP contribution in [0.25, 0.3) is 0 Å². The number of amides is 1. The van der Waals surface area contributed by atoms with Gasteiger partial charge in [0.2, 0.25) is 0 Å². The minimum atomic E-state index is -0.0923. The topological polar surface area (TPSA) is 23.6 Å². The first-order valence-corrected chi connectivity index (χ1v) is 6.48. The van der Waals surface area contributed by atoms with Crippen molar-refractivity contribution in [3.63, 3.8) is 0 Å². The van der Waals surface area contributed by atoms with Crippen LogP contribution in [0, 0.1) is 0 Å². The molecule has 0 aliphatic carbocycles. The largest absolute Gasteiger partial charge is 0.348 e. The molecule has 0 N–H and O–H groups in total. The number of para-hydroxylation sites is 1. The Bertz CT molecular complexity index is 478. The number of nitrogens with zero attached hydrogens (tertiary/aromatic N) is 2. The lowest BCUT2D eigenvalue weighted by Gasteiger charge is -2.43. The summed E-state index contributed by atoms with van der Waals surface area (Å²) in [5.41, 5.74) is 0.919. The van der Waals surface area contributed by atoms with Crippen LogP contribution in [0.5, 0.6) is 0 Å². The van der Waals surface area contributed by atoms with Crippen LogP contribution in [0.15, 0.2) is 42.5 Å². The summed E-state index contributed by atoms with van der Waals surface area (Å²) in [6, 6.07) is 10.0. The molecule has 0 saturated carbocycles. The van der Waals surface area contributed by atoms with Gasteiger partial charge >= 0.3 is 0 Å². The summed E-state index contributed by atoms with van der Waals surface area (Å²) in [5, 5.41) is 0. The predicted octanol–water partition coefficient (Wildman–Crippen LogP) is 0.972. The van der Waals surface area contributed by atoms with Gasteiger partial charge < -0.3 is 4.81 Å². The highest BCUT2D eigenvalue weighted by Gasteiger charge is 2.43. The van der Waals surface area contributed by atoms with Gasteiger partial charge in [-0.3, -0.25) is 9.69 Å². The quantitative estimate of drug-likeness (QED) is 0.683. The van der Waals surface area contributed by atoms with Crippen molar-refractivity contribution in [2.24, 2.45) is 0 Å². The molecule has 18 heavy (non-hydrogen) atoms. The highest BCUT2D eigenvalue weighted by molar-refractivity contribution is 6.06. The van der Waals surface area contributed by atoms with Crippen molar-refractivity contribution >= 4 is 19.6 Å². The summed E-state index contributed by atoms with van der Waals surface area (Å²) >= 11 is 0. The number of rotatable bonds is 1. The number of hydrogen-bond acceptors (Lipinski definition) is 2. The molecule has 3 rings (SSSR count). The lowest BCUT2D eigenvalue weighted by atomic mass is 9.85. The molecular formula is C14H17BN2O. The number of piperidine rings is 1. The SMILES string of the molecule is BN1CCC2(C=CC(=O)N2c2ccccc2)CC1. The zero-order valence-electron chi connectivity index (χ0n) is 10.7. The normalized spacial score (nSPS) is 22.9. The number of hydrogen-bond donors (Lipinski definition) is 0. The van der Waals surface area contributed by atoms with Gasteiger partial charge in [-0.05, 0) is 38.1 Å². The minimum Gasteiger partial charge on any atom is -0.348 e. The van der Waals surface area contributed by atoms with Crippen LogP contribution in [0.4, 0.5) is 5.69 Å². The smallest absolute Gasteiger partial charge is 0.251 e. The zero-order valence-corrected chi connectivity index (χ0v) is 10.7. The summed E-state index contributed by atoms with van der Waals surface area (Å²) in [4.78, 5) is 16.5. The molecule has 2 aliphatic rings. The average Bonchev–Trinajstić information content (AvgIpc) is 2.72. The van der Waals surface area contributed by atoms with Gasteiger partial charge in [0.15, 0.2) is 7.98 Å². The van der Waals surface area contributed by atoms with Crippen molar-refractivity contribution in [1.82, 2.24) is 4.81 Å². The van der Waals surface area contributed by atoms with Gasteiger partial charge in [0, 0.05) is 11.8 Å². The summed E-state index contributed by atoms with van der Waals surface area (Å²) in [6.45, 7) is 2.09. The molecule has 2 aliphatic heterocycles. The number of carbonyl (C=O) groups is 1. The molecule has 4 heteroatoms. The first-order chi connectivity index (χ1) is 8.71. The highest BCUT2D eigenvalue weighted by Crippen LogP contribution is 2.37. The summed E-state index contributed by atoms with van der Waals surface area (Å²) < 4.78 is 0. The zero-order chi connectivity index (χ0) is 12.6. The van der Waals surface area contributed by atoms with Crippen molar-refractivity contribution < 1.29 is 4.79 Å². The molecule has 2 heterocycles. The van der Waals surface area contributed by atoms with Gasteiger partial charge in [-0.15, -0.1) is 0 Å². The maximum atomic E-state index is 12.2. The van der Waals surface area contributed by atoms with E-state index in [9.17, 15) is 4.79 Å². The second kappa shape index (κ2) is 4.28. The van der Waals surface area contributed by atoms with E-state index >= 15 is 0 Å². The highest BCUT2D eigenvalue weighted by atomic mass is 16.2. The molecule has 1 aromatic carbocycles. The Kier molecular flexibility index (Phi) is 2.75. The van der Waals surface area contributed by atoms with Crippen molar-refractivity contribution in [2.75, 3.05) is 18.0 Å². The molecule has 3 nitrogen and oxygen atoms in total. The van der Waals surface area contributed by atoms with Crippen molar-refractivity contribution in [1.29, 1.82) is 0 Å². The molecule has 1 saturated heterocycles. The van der Waals surface area contributed by atoms with Crippen LogP contribution in [0.3, 0.4) is 0 Å². The fourth-order valence-corrected chi connectivity index (χ4v) is 2.95. The van der Waals surface area contributed by atoms with E-state index in [0.717, 1.165) is 31.6 Å². The van der Waals surface area contributed by atoms with Crippen LogP contribution in [0.2, 0.25) is 0 Å². The molecule has 0 unspecified atom stereocenters.